The number of carbonyl (C=O) groups excluding carboxylic acids is 1. The second-order valence-electron chi connectivity index (χ2n) is 4.82. The molecule has 0 unspecified atom stereocenters. The van der Waals surface area contributed by atoms with Gasteiger partial charge in [-0.15, -0.1) is 0 Å². The molecule has 2 rings (SSSR count). The van der Waals surface area contributed by atoms with Crippen LogP contribution in [-0.4, -0.2) is 32.9 Å². The molecular weight excluding hydrogens is 248 g/mol. The van der Waals surface area contributed by atoms with Gasteiger partial charge >= 0.3 is 12.0 Å². The third-order valence-corrected chi connectivity index (χ3v) is 3.47. The van der Waals surface area contributed by atoms with Crippen molar-refractivity contribution < 1.29 is 14.7 Å². The average molecular weight is 266 g/mol. The summed E-state index contributed by atoms with van der Waals surface area (Å²) in [4.78, 5) is 22.5. The second kappa shape index (κ2) is 5.73. The van der Waals surface area contributed by atoms with Gasteiger partial charge in [0, 0.05) is 19.3 Å². The van der Waals surface area contributed by atoms with E-state index < -0.39 is 5.97 Å². The Kier molecular flexibility index (Phi) is 4.03. The van der Waals surface area contributed by atoms with E-state index in [0.29, 0.717) is 19.4 Å². The molecular formula is C12H18N4O3. The number of nitrogens with zero attached hydrogens (tertiary/aromatic N) is 2. The van der Waals surface area contributed by atoms with E-state index in [4.69, 9.17) is 5.11 Å². The molecule has 1 aliphatic carbocycles. The van der Waals surface area contributed by atoms with Crippen molar-refractivity contribution >= 4 is 12.0 Å². The molecule has 2 amide bonds. The SMILES string of the molecule is Cn1nccc1CNC(=O)N[C@H]1CC[C@@H](C(=O)O)C1. The first-order valence-corrected chi connectivity index (χ1v) is 6.30. The summed E-state index contributed by atoms with van der Waals surface area (Å²) in [5, 5.41) is 18.4. The van der Waals surface area contributed by atoms with Gasteiger partial charge in [0.15, 0.2) is 0 Å². The van der Waals surface area contributed by atoms with Crippen molar-refractivity contribution in [2.75, 3.05) is 0 Å². The zero-order chi connectivity index (χ0) is 13.8. The summed E-state index contributed by atoms with van der Waals surface area (Å²) in [5.74, 6) is -1.11. The minimum atomic E-state index is -0.778. The van der Waals surface area contributed by atoms with Crippen molar-refractivity contribution in [2.24, 2.45) is 13.0 Å². The van der Waals surface area contributed by atoms with E-state index in [9.17, 15) is 9.59 Å². The monoisotopic (exact) mass is 266 g/mol. The summed E-state index contributed by atoms with van der Waals surface area (Å²) in [6.07, 6.45) is 3.52. The molecule has 1 aromatic rings. The van der Waals surface area contributed by atoms with Crippen LogP contribution in [-0.2, 0) is 18.4 Å². The van der Waals surface area contributed by atoms with Crippen LogP contribution < -0.4 is 10.6 Å². The second-order valence-corrected chi connectivity index (χ2v) is 4.82. The van der Waals surface area contributed by atoms with E-state index in [2.05, 4.69) is 15.7 Å². The Morgan fingerprint density at radius 2 is 2.32 bits per heavy atom. The highest BCUT2D eigenvalue weighted by molar-refractivity contribution is 5.75. The Hall–Kier alpha value is -2.05. The lowest BCUT2D eigenvalue weighted by Gasteiger charge is -2.13. The fourth-order valence-electron chi connectivity index (χ4n) is 2.32. The number of carboxylic acid groups (broad SMARTS) is 1. The van der Waals surface area contributed by atoms with Crippen LogP contribution in [0.4, 0.5) is 4.79 Å². The molecule has 0 spiro atoms. The van der Waals surface area contributed by atoms with Crippen molar-refractivity contribution in [1.29, 1.82) is 0 Å². The lowest BCUT2D eigenvalue weighted by Crippen LogP contribution is -2.41. The molecule has 2 atom stereocenters. The summed E-state index contributed by atoms with van der Waals surface area (Å²) < 4.78 is 1.69. The third kappa shape index (κ3) is 3.46. The summed E-state index contributed by atoms with van der Waals surface area (Å²) in [6, 6.07) is 1.51. The normalized spacial score (nSPS) is 22.2. The Labute approximate surface area is 111 Å². The standard InChI is InChI=1S/C12H18N4O3/c1-16-10(4-5-14-16)7-13-12(19)15-9-3-2-8(6-9)11(17)18/h4-5,8-9H,2-3,6-7H2,1H3,(H,17,18)(H2,13,15,19)/t8-,9+/m1/s1. The molecule has 19 heavy (non-hydrogen) atoms. The minimum absolute atomic E-state index is 0.0485. The number of hydrogen-bond donors (Lipinski definition) is 3. The summed E-state index contributed by atoms with van der Waals surface area (Å²) >= 11 is 0. The molecule has 1 aliphatic rings. The Morgan fingerprint density at radius 3 is 2.89 bits per heavy atom. The molecule has 0 radical (unpaired) electrons. The zero-order valence-corrected chi connectivity index (χ0v) is 10.8. The van der Waals surface area contributed by atoms with Crippen molar-refractivity contribution in [3.8, 4) is 0 Å². The van der Waals surface area contributed by atoms with Crippen LogP contribution in [0.15, 0.2) is 12.3 Å². The number of aliphatic carboxylic acids is 1. The summed E-state index contributed by atoms with van der Waals surface area (Å²) in [7, 11) is 1.81. The van der Waals surface area contributed by atoms with E-state index in [1.54, 1.807) is 10.9 Å². The van der Waals surface area contributed by atoms with Gasteiger partial charge in [0.1, 0.15) is 0 Å². The molecule has 1 heterocycles. The predicted octanol–water partition coefficient (Wildman–Crippen LogP) is 0.473. The smallest absolute Gasteiger partial charge is 0.315 e. The molecule has 1 saturated carbocycles. The maximum atomic E-state index is 11.7. The van der Waals surface area contributed by atoms with Crippen LogP contribution >= 0.6 is 0 Å². The van der Waals surface area contributed by atoms with Crippen molar-refractivity contribution in [2.45, 2.75) is 31.8 Å². The van der Waals surface area contributed by atoms with Gasteiger partial charge in [-0.25, -0.2) is 4.79 Å². The number of nitrogens with one attached hydrogen (secondary N) is 2. The van der Waals surface area contributed by atoms with Crippen LogP contribution in [0.5, 0.6) is 0 Å². The van der Waals surface area contributed by atoms with Gasteiger partial charge in [0.25, 0.3) is 0 Å². The third-order valence-electron chi connectivity index (χ3n) is 3.47. The number of amides is 2. The van der Waals surface area contributed by atoms with Gasteiger partial charge in [0.2, 0.25) is 0 Å². The van der Waals surface area contributed by atoms with Crippen LogP contribution in [0.2, 0.25) is 0 Å². The highest BCUT2D eigenvalue weighted by atomic mass is 16.4. The Balaban J connectivity index is 1.73. The maximum Gasteiger partial charge on any atom is 0.315 e. The number of aromatic nitrogens is 2. The molecule has 7 heteroatoms. The predicted molar refractivity (Wildman–Crippen MR) is 67.3 cm³/mol. The number of rotatable bonds is 4. The summed E-state index contributed by atoms with van der Waals surface area (Å²) in [6.45, 7) is 0.400. The van der Waals surface area contributed by atoms with Gasteiger partial charge < -0.3 is 15.7 Å². The molecule has 7 nitrogen and oxygen atoms in total. The topological polar surface area (TPSA) is 96.3 Å². The van der Waals surface area contributed by atoms with E-state index >= 15 is 0 Å². The fraction of sp³-hybridized carbons (Fsp3) is 0.583. The lowest BCUT2D eigenvalue weighted by molar-refractivity contribution is -0.141. The van der Waals surface area contributed by atoms with E-state index in [0.717, 1.165) is 12.1 Å². The molecule has 104 valence electrons. The van der Waals surface area contributed by atoms with Crippen LogP contribution in [0.25, 0.3) is 0 Å². The van der Waals surface area contributed by atoms with Gasteiger partial charge in [-0.05, 0) is 25.3 Å². The molecule has 0 saturated heterocycles. The van der Waals surface area contributed by atoms with E-state index in [1.165, 1.54) is 0 Å². The van der Waals surface area contributed by atoms with Gasteiger partial charge in [-0.3, -0.25) is 9.48 Å². The minimum Gasteiger partial charge on any atom is -0.481 e. The highest BCUT2D eigenvalue weighted by Crippen LogP contribution is 2.25. The Morgan fingerprint density at radius 1 is 1.53 bits per heavy atom. The van der Waals surface area contributed by atoms with E-state index in [1.807, 2.05) is 13.1 Å². The average Bonchev–Trinajstić information content (AvgIpc) is 2.96. The maximum absolute atomic E-state index is 11.7. The van der Waals surface area contributed by atoms with Crippen LogP contribution in [0.3, 0.4) is 0 Å². The number of carbonyl (C=O) groups is 2. The Bertz CT molecular complexity index is 471. The largest absolute Gasteiger partial charge is 0.481 e. The zero-order valence-electron chi connectivity index (χ0n) is 10.8. The van der Waals surface area contributed by atoms with Crippen molar-refractivity contribution in [3.05, 3.63) is 18.0 Å². The number of hydrogen-bond acceptors (Lipinski definition) is 3. The molecule has 1 aromatic heterocycles. The molecule has 0 bridgehead atoms. The first kappa shape index (κ1) is 13.4. The number of carboxylic acids is 1. The van der Waals surface area contributed by atoms with Crippen molar-refractivity contribution in [3.63, 3.8) is 0 Å². The lowest BCUT2D eigenvalue weighted by atomic mass is 10.1. The van der Waals surface area contributed by atoms with Gasteiger partial charge in [-0.2, -0.15) is 5.10 Å². The summed E-state index contributed by atoms with van der Waals surface area (Å²) in [5.41, 5.74) is 0.907. The highest BCUT2D eigenvalue weighted by Gasteiger charge is 2.30. The van der Waals surface area contributed by atoms with Crippen molar-refractivity contribution in [1.82, 2.24) is 20.4 Å². The first-order valence-electron chi connectivity index (χ1n) is 6.30. The molecule has 1 fully saturated rings. The number of urea groups is 1. The molecule has 3 N–H and O–H groups in total. The molecule has 0 aromatic carbocycles. The van der Waals surface area contributed by atoms with E-state index in [-0.39, 0.29) is 18.0 Å². The number of aryl methyl sites for hydroxylation is 1. The van der Waals surface area contributed by atoms with Crippen LogP contribution in [0, 0.1) is 5.92 Å². The fourth-order valence-corrected chi connectivity index (χ4v) is 2.32. The first-order chi connectivity index (χ1) is 9.06. The van der Waals surface area contributed by atoms with Crippen LogP contribution in [0.1, 0.15) is 25.0 Å². The quantitative estimate of drug-likeness (QED) is 0.738. The van der Waals surface area contributed by atoms with Gasteiger partial charge in [-0.1, -0.05) is 0 Å². The van der Waals surface area contributed by atoms with Gasteiger partial charge in [0.05, 0.1) is 18.2 Å². The molecule has 0 aliphatic heterocycles.